The van der Waals surface area contributed by atoms with Crippen LogP contribution in [0.5, 0.6) is 0 Å². The Labute approximate surface area is 112 Å². The van der Waals surface area contributed by atoms with Crippen molar-refractivity contribution in [3.63, 3.8) is 0 Å². The second-order valence-corrected chi connectivity index (χ2v) is 6.72. The average molecular weight is 282 g/mol. The van der Waals surface area contributed by atoms with Crippen LogP contribution in [0.4, 0.5) is 4.39 Å². The lowest BCUT2D eigenvalue weighted by atomic mass is 10.0. The first-order valence-corrected chi connectivity index (χ1v) is 7.59. The number of hydrogen-bond acceptors (Lipinski definition) is 3. The molecule has 2 rings (SSSR count). The van der Waals surface area contributed by atoms with Gasteiger partial charge in [-0.3, -0.25) is 0 Å². The molecular weight excluding hydrogens is 267 g/mol. The molecule has 0 unspecified atom stereocenters. The molecule has 6 heteroatoms. The van der Waals surface area contributed by atoms with Gasteiger partial charge < -0.3 is 0 Å². The zero-order valence-electron chi connectivity index (χ0n) is 10.6. The molecule has 19 heavy (non-hydrogen) atoms. The van der Waals surface area contributed by atoms with Crippen LogP contribution in [-0.2, 0) is 10.0 Å². The van der Waals surface area contributed by atoms with Crippen molar-refractivity contribution in [3.8, 4) is 6.07 Å². The van der Waals surface area contributed by atoms with Crippen LogP contribution in [0.15, 0.2) is 23.1 Å². The first-order chi connectivity index (χ1) is 8.96. The third kappa shape index (κ3) is 2.62. The van der Waals surface area contributed by atoms with E-state index in [1.807, 2.05) is 0 Å². The van der Waals surface area contributed by atoms with E-state index in [2.05, 4.69) is 6.92 Å². The lowest BCUT2D eigenvalue weighted by Gasteiger charge is -2.29. The maximum absolute atomic E-state index is 13.5. The number of nitriles is 1. The van der Waals surface area contributed by atoms with Crippen LogP contribution in [0.25, 0.3) is 0 Å². The highest BCUT2D eigenvalue weighted by molar-refractivity contribution is 7.89. The molecule has 0 N–H and O–H groups in total. The molecule has 1 aromatic rings. The summed E-state index contributed by atoms with van der Waals surface area (Å²) in [5, 5.41) is 8.93. The Balaban J connectivity index is 2.41. The Kier molecular flexibility index (Phi) is 3.88. The van der Waals surface area contributed by atoms with E-state index in [4.69, 9.17) is 5.26 Å². The van der Waals surface area contributed by atoms with Crippen molar-refractivity contribution in [2.75, 3.05) is 13.1 Å². The van der Waals surface area contributed by atoms with Crippen LogP contribution in [0, 0.1) is 23.1 Å². The fourth-order valence-corrected chi connectivity index (χ4v) is 3.81. The molecule has 1 saturated heterocycles. The monoisotopic (exact) mass is 282 g/mol. The molecule has 4 nitrogen and oxygen atoms in total. The summed E-state index contributed by atoms with van der Waals surface area (Å²) in [7, 11) is -3.78. The van der Waals surface area contributed by atoms with Crippen LogP contribution < -0.4 is 0 Å². The fraction of sp³-hybridized carbons (Fsp3) is 0.462. The Morgan fingerprint density at radius 1 is 1.37 bits per heavy atom. The van der Waals surface area contributed by atoms with Gasteiger partial charge in [0.15, 0.2) is 0 Å². The van der Waals surface area contributed by atoms with Gasteiger partial charge in [-0.15, -0.1) is 0 Å². The van der Waals surface area contributed by atoms with Crippen LogP contribution in [-0.4, -0.2) is 25.8 Å². The van der Waals surface area contributed by atoms with E-state index in [-0.39, 0.29) is 4.90 Å². The van der Waals surface area contributed by atoms with Crippen molar-refractivity contribution in [2.24, 2.45) is 5.92 Å². The molecule has 1 aromatic carbocycles. The maximum Gasteiger partial charge on any atom is 0.244 e. The van der Waals surface area contributed by atoms with Crippen LogP contribution in [0.2, 0.25) is 0 Å². The molecule has 0 radical (unpaired) electrons. The number of halogens is 1. The molecule has 0 spiro atoms. The average Bonchev–Trinajstić information content (AvgIpc) is 2.39. The third-order valence-electron chi connectivity index (χ3n) is 3.45. The SMILES string of the molecule is CC1CCN(S(=O)(=O)c2cccc(F)c2C#N)CC1. The minimum atomic E-state index is -3.78. The highest BCUT2D eigenvalue weighted by Crippen LogP contribution is 2.26. The summed E-state index contributed by atoms with van der Waals surface area (Å²) in [6.07, 6.45) is 1.58. The second kappa shape index (κ2) is 5.27. The van der Waals surface area contributed by atoms with Crippen LogP contribution >= 0.6 is 0 Å². The Hall–Kier alpha value is -1.45. The smallest absolute Gasteiger partial charge is 0.207 e. The highest BCUT2D eigenvalue weighted by Gasteiger charge is 2.30. The fourth-order valence-electron chi connectivity index (χ4n) is 2.19. The van der Waals surface area contributed by atoms with Gasteiger partial charge in [0, 0.05) is 13.1 Å². The van der Waals surface area contributed by atoms with E-state index in [1.165, 1.54) is 16.4 Å². The van der Waals surface area contributed by atoms with E-state index in [1.54, 1.807) is 6.07 Å². The predicted molar refractivity (Wildman–Crippen MR) is 68.3 cm³/mol. The van der Waals surface area contributed by atoms with Crippen molar-refractivity contribution >= 4 is 10.0 Å². The first-order valence-electron chi connectivity index (χ1n) is 6.15. The van der Waals surface area contributed by atoms with Gasteiger partial charge in [0.25, 0.3) is 0 Å². The van der Waals surface area contributed by atoms with E-state index < -0.39 is 21.4 Å². The summed E-state index contributed by atoms with van der Waals surface area (Å²) in [5.74, 6) is -0.302. The molecule has 1 fully saturated rings. The zero-order valence-corrected chi connectivity index (χ0v) is 11.5. The largest absolute Gasteiger partial charge is 0.244 e. The molecule has 0 aromatic heterocycles. The number of piperidine rings is 1. The quantitative estimate of drug-likeness (QED) is 0.834. The van der Waals surface area contributed by atoms with Gasteiger partial charge in [0.2, 0.25) is 10.0 Å². The van der Waals surface area contributed by atoms with Crippen molar-refractivity contribution < 1.29 is 12.8 Å². The number of hydrogen-bond donors (Lipinski definition) is 0. The molecule has 0 atom stereocenters. The third-order valence-corrected chi connectivity index (χ3v) is 5.39. The summed E-state index contributed by atoms with van der Waals surface area (Å²) in [6, 6.07) is 5.33. The van der Waals surface area contributed by atoms with Gasteiger partial charge in [-0.2, -0.15) is 9.57 Å². The molecule has 0 bridgehead atoms. The summed E-state index contributed by atoms with van der Waals surface area (Å²) >= 11 is 0. The van der Waals surface area contributed by atoms with Gasteiger partial charge in [-0.1, -0.05) is 13.0 Å². The van der Waals surface area contributed by atoms with Crippen molar-refractivity contribution in [3.05, 3.63) is 29.6 Å². The lowest BCUT2D eigenvalue weighted by molar-refractivity contribution is 0.288. The van der Waals surface area contributed by atoms with E-state index in [9.17, 15) is 12.8 Å². The molecular formula is C13H15FN2O2S. The molecule has 102 valence electrons. The predicted octanol–water partition coefficient (Wildman–Crippen LogP) is 2.12. The molecule has 0 saturated carbocycles. The lowest BCUT2D eigenvalue weighted by Crippen LogP contribution is -2.38. The standard InChI is InChI=1S/C13H15FN2O2S/c1-10-5-7-16(8-6-10)19(17,18)13-4-2-3-12(14)11(13)9-15/h2-4,10H,5-8H2,1H3. The molecule has 0 aliphatic carbocycles. The Morgan fingerprint density at radius 2 is 2.00 bits per heavy atom. The van der Waals surface area contributed by atoms with Crippen molar-refractivity contribution in [1.82, 2.24) is 4.31 Å². The van der Waals surface area contributed by atoms with E-state index in [0.717, 1.165) is 18.9 Å². The minimum absolute atomic E-state index is 0.232. The number of rotatable bonds is 2. The topological polar surface area (TPSA) is 61.2 Å². The molecule has 1 heterocycles. The molecule has 0 amide bonds. The Bertz CT molecular complexity index is 614. The van der Waals surface area contributed by atoms with Gasteiger partial charge in [-0.25, -0.2) is 12.8 Å². The second-order valence-electron chi connectivity index (χ2n) is 4.81. The van der Waals surface area contributed by atoms with E-state index in [0.29, 0.717) is 19.0 Å². The molecule has 1 aliphatic rings. The Morgan fingerprint density at radius 3 is 2.58 bits per heavy atom. The molecule has 1 aliphatic heterocycles. The van der Waals surface area contributed by atoms with Gasteiger partial charge in [-0.05, 0) is 30.9 Å². The van der Waals surface area contributed by atoms with E-state index >= 15 is 0 Å². The normalized spacial score (nSPS) is 18.2. The number of sulfonamides is 1. The zero-order chi connectivity index (χ0) is 14.0. The van der Waals surface area contributed by atoms with Gasteiger partial charge in [0.1, 0.15) is 22.3 Å². The van der Waals surface area contributed by atoms with Crippen LogP contribution in [0.3, 0.4) is 0 Å². The van der Waals surface area contributed by atoms with Gasteiger partial charge >= 0.3 is 0 Å². The van der Waals surface area contributed by atoms with Crippen molar-refractivity contribution in [2.45, 2.75) is 24.7 Å². The maximum atomic E-state index is 13.5. The summed E-state index contributed by atoms with van der Waals surface area (Å²) in [4.78, 5) is -0.232. The highest BCUT2D eigenvalue weighted by atomic mass is 32.2. The van der Waals surface area contributed by atoms with Crippen molar-refractivity contribution in [1.29, 1.82) is 5.26 Å². The first kappa shape index (κ1) is 14.0. The number of nitrogens with zero attached hydrogens (tertiary/aromatic N) is 2. The summed E-state index contributed by atoms with van der Waals surface area (Å²) in [6.45, 7) is 2.92. The summed E-state index contributed by atoms with van der Waals surface area (Å²) in [5.41, 5.74) is -0.402. The van der Waals surface area contributed by atoms with Gasteiger partial charge in [0.05, 0.1) is 0 Å². The van der Waals surface area contributed by atoms with Crippen LogP contribution in [0.1, 0.15) is 25.3 Å². The number of benzene rings is 1. The summed E-state index contributed by atoms with van der Waals surface area (Å²) < 4.78 is 39.7. The minimum Gasteiger partial charge on any atom is -0.207 e.